The van der Waals surface area contributed by atoms with Crippen LogP contribution in [0.5, 0.6) is 0 Å². The van der Waals surface area contributed by atoms with E-state index in [0.717, 1.165) is 36.3 Å². The number of benzene rings is 1. The lowest BCUT2D eigenvalue weighted by Gasteiger charge is -2.34. The summed E-state index contributed by atoms with van der Waals surface area (Å²) in [5.41, 5.74) is 1.19. The molecule has 1 aromatic heterocycles. The van der Waals surface area contributed by atoms with Crippen LogP contribution < -0.4 is 4.90 Å². The Labute approximate surface area is 115 Å². The summed E-state index contributed by atoms with van der Waals surface area (Å²) in [5.74, 6) is -0.845. The SMILES string of the molecule is CN1CCN(c2ccc3cc(C(=O)O)sc3c2)CC1. The van der Waals surface area contributed by atoms with Gasteiger partial charge in [0.25, 0.3) is 0 Å². The molecular weight excluding hydrogens is 260 g/mol. The lowest BCUT2D eigenvalue weighted by molar-refractivity contribution is 0.0702. The fraction of sp³-hybridized carbons (Fsp3) is 0.357. The molecule has 0 amide bonds. The van der Waals surface area contributed by atoms with E-state index in [2.05, 4.69) is 29.0 Å². The van der Waals surface area contributed by atoms with Gasteiger partial charge in [-0.15, -0.1) is 11.3 Å². The van der Waals surface area contributed by atoms with Gasteiger partial charge in [-0.1, -0.05) is 6.07 Å². The summed E-state index contributed by atoms with van der Waals surface area (Å²) in [6.45, 7) is 4.20. The number of fused-ring (bicyclic) bond motifs is 1. The number of thiophene rings is 1. The molecule has 1 saturated heterocycles. The van der Waals surface area contributed by atoms with Gasteiger partial charge in [0.1, 0.15) is 4.88 Å². The molecule has 2 heterocycles. The van der Waals surface area contributed by atoms with Crippen LogP contribution in [0.25, 0.3) is 10.1 Å². The van der Waals surface area contributed by atoms with Crippen molar-refractivity contribution in [3.8, 4) is 0 Å². The average molecular weight is 276 g/mol. The first-order chi connectivity index (χ1) is 9.13. The largest absolute Gasteiger partial charge is 0.477 e. The summed E-state index contributed by atoms with van der Waals surface area (Å²) >= 11 is 1.35. The molecule has 0 radical (unpaired) electrons. The molecule has 2 aromatic rings. The van der Waals surface area contributed by atoms with Crippen molar-refractivity contribution in [2.24, 2.45) is 0 Å². The second-order valence-corrected chi connectivity index (χ2v) is 6.01. The average Bonchev–Trinajstić information content (AvgIpc) is 2.82. The highest BCUT2D eigenvalue weighted by atomic mass is 32.1. The quantitative estimate of drug-likeness (QED) is 0.914. The molecule has 0 unspecified atom stereocenters. The Balaban J connectivity index is 1.90. The maximum absolute atomic E-state index is 11.0. The molecule has 5 heteroatoms. The summed E-state index contributed by atoms with van der Waals surface area (Å²) in [4.78, 5) is 16.1. The van der Waals surface area contributed by atoms with Gasteiger partial charge in [0, 0.05) is 36.6 Å². The number of carbonyl (C=O) groups is 1. The fourth-order valence-corrected chi connectivity index (χ4v) is 3.32. The number of carboxylic acids is 1. The number of anilines is 1. The van der Waals surface area contributed by atoms with Crippen molar-refractivity contribution in [2.75, 3.05) is 38.1 Å². The number of hydrogen-bond acceptors (Lipinski definition) is 4. The predicted molar refractivity (Wildman–Crippen MR) is 78.5 cm³/mol. The van der Waals surface area contributed by atoms with E-state index in [-0.39, 0.29) is 0 Å². The fourth-order valence-electron chi connectivity index (χ4n) is 2.39. The summed E-state index contributed by atoms with van der Waals surface area (Å²) < 4.78 is 1.05. The summed E-state index contributed by atoms with van der Waals surface area (Å²) in [6.07, 6.45) is 0. The van der Waals surface area contributed by atoms with Crippen molar-refractivity contribution in [3.05, 3.63) is 29.1 Å². The van der Waals surface area contributed by atoms with Gasteiger partial charge >= 0.3 is 5.97 Å². The van der Waals surface area contributed by atoms with E-state index < -0.39 is 5.97 Å². The van der Waals surface area contributed by atoms with E-state index in [4.69, 9.17) is 5.11 Å². The number of nitrogens with zero attached hydrogens (tertiary/aromatic N) is 2. The molecule has 0 bridgehead atoms. The molecule has 0 spiro atoms. The lowest BCUT2D eigenvalue weighted by atomic mass is 10.2. The minimum absolute atomic E-state index is 0.408. The molecule has 1 aliphatic rings. The normalized spacial score (nSPS) is 17.0. The second-order valence-electron chi connectivity index (χ2n) is 4.93. The first-order valence-electron chi connectivity index (χ1n) is 6.34. The molecule has 0 atom stereocenters. The van der Waals surface area contributed by atoms with Crippen molar-refractivity contribution >= 4 is 33.1 Å². The lowest BCUT2D eigenvalue weighted by Crippen LogP contribution is -2.44. The Morgan fingerprint density at radius 3 is 2.63 bits per heavy atom. The van der Waals surface area contributed by atoms with Crippen LogP contribution in [-0.2, 0) is 0 Å². The van der Waals surface area contributed by atoms with Gasteiger partial charge < -0.3 is 14.9 Å². The van der Waals surface area contributed by atoms with Crippen molar-refractivity contribution in [1.82, 2.24) is 4.90 Å². The number of rotatable bonds is 2. The third-order valence-electron chi connectivity index (χ3n) is 3.58. The molecular formula is C14H16N2O2S. The van der Waals surface area contributed by atoms with Gasteiger partial charge in [0.05, 0.1) is 0 Å². The Bertz CT molecular complexity index is 615. The monoisotopic (exact) mass is 276 g/mol. The Kier molecular flexibility index (Phi) is 3.16. The Hall–Kier alpha value is -1.59. The van der Waals surface area contributed by atoms with Gasteiger partial charge in [-0.3, -0.25) is 0 Å². The smallest absolute Gasteiger partial charge is 0.345 e. The van der Waals surface area contributed by atoms with Crippen LogP contribution in [0.15, 0.2) is 24.3 Å². The number of carboxylic acid groups (broad SMARTS) is 1. The van der Waals surface area contributed by atoms with E-state index in [1.165, 1.54) is 17.0 Å². The van der Waals surface area contributed by atoms with E-state index in [0.29, 0.717) is 4.88 Å². The van der Waals surface area contributed by atoms with E-state index >= 15 is 0 Å². The maximum Gasteiger partial charge on any atom is 0.345 e. The zero-order chi connectivity index (χ0) is 13.4. The number of piperazine rings is 1. The molecule has 0 aliphatic carbocycles. The van der Waals surface area contributed by atoms with Crippen molar-refractivity contribution < 1.29 is 9.90 Å². The second kappa shape index (κ2) is 4.83. The molecule has 100 valence electrons. The van der Waals surface area contributed by atoms with Crippen molar-refractivity contribution in [2.45, 2.75) is 0 Å². The van der Waals surface area contributed by atoms with Gasteiger partial charge in [-0.2, -0.15) is 0 Å². The molecule has 1 N–H and O–H groups in total. The third kappa shape index (κ3) is 2.43. The highest BCUT2D eigenvalue weighted by Crippen LogP contribution is 2.30. The highest BCUT2D eigenvalue weighted by Gasteiger charge is 2.15. The van der Waals surface area contributed by atoms with Crippen molar-refractivity contribution in [3.63, 3.8) is 0 Å². The van der Waals surface area contributed by atoms with Gasteiger partial charge in [-0.25, -0.2) is 4.79 Å². The standard InChI is InChI=1S/C14H16N2O2S/c1-15-4-6-16(7-5-15)11-3-2-10-8-13(14(17)18)19-12(10)9-11/h2-3,8-9H,4-7H2,1H3,(H,17,18). The first kappa shape index (κ1) is 12.4. The van der Waals surface area contributed by atoms with E-state index in [1.54, 1.807) is 6.07 Å². The molecule has 1 fully saturated rings. The summed E-state index contributed by atoms with van der Waals surface area (Å²) in [7, 11) is 2.14. The number of likely N-dealkylation sites (N-methyl/N-ethyl adjacent to an activating group) is 1. The molecule has 4 nitrogen and oxygen atoms in total. The molecule has 1 aliphatic heterocycles. The van der Waals surface area contributed by atoms with Crippen LogP contribution >= 0.6 is 11.3 Å². The topological polar surface area (TPSA) is 43.8 Å². The van der Waals surface area contributed by atoms with Crippen LogP contribution in [0, 0.1) is 0 Å². The Morgan fingerprint density at radius 1 is 1.21 bits per heavy atom. The zero-order valence-electron chi connectivity index (χ0n) is 10.8. The number of aromatic carboxylic acids is 1. The summed E-state index contributed by atoms with van der Waals surface area (Å²) in [5, 5.41) is 10.0. The van der Waals surface area contributed by atoms with Crippen molar-refractivity contribution in [1.29, 1.82) is 0 Å². The minimum Gasteiger partial charge on any atom is -0.477 e. The van der Waals surface area contributed by atoms with Crippen LogP contribution in [0.4, 0.5) is 5.69 Å². The van der Waals surface area contributed by atoms with Crippen LogP contribution in [0.2, 0.25) is 0 Å². The zero-order valence-corrected chi connectivity index (χ0v) is 11.6. The van der Waals surface area contributed by atoms with E-state index in [9.17, 15) is 4.79 Å². The van der Waals surface area contributed by atoms with E-state index in [1.807, 2.05) is 6.07 Å². The first-order valence-corrected chi connectivity index (χ1v) is 7.15. The molecule has 19 heavy (non-hydrogen) atoms. The predicted octanol–water partition coefficient (Wildman–Crippen LogP) is 2.35. The van der Waals surface area contributed by atoms with Gasteiger partial charge in [0.2, 0.25) is 0 Å². The summed E-state index contributed by atoms with van der Waals surface area (Å²) in [6, 6.07) is 7.96. The molecule has 1 aromatic carbocycles. The Morgan fingerprint density at radius 2 is 1.95 bits per heavy atom. The number of hydrogen-bond donors (Lipinski definition) is 1. The molecule has 0 saturated carbocycles. The highest BCUT2D eigenvalue weighted by molar-refractivity contribution is 7.20. The third-order valence-corrected chi connectivity index (χ3v) is 4.67. The molecule has 3 rings (SSSR count). The van der Waals surface area contributed by atoms with Gasteiger partial charge in [0.15, 0.2) is 0 Å². The van der Waals surface area contributed by atoms with Gasteiger partial charge in [-0.05, 0) is 30.6 Å². The van der Waals surface area contributed by atoms with Crippen LogP contribution in [-0.4, -0.2) is 49.2 Å². The van der Waals surface area contributed by atoms with Crippen LogP contribution in [0.3, 0.4) is 0 Å². The van der Waals surface area contributed by atoms with Crippen LogP contribution in [0.1, 0.15) is 9.67 Å². The maximum atomic E-state index is 11.0. The minimum atomic E-state index is -0.845.